The average molecular weight is 339 g/mol. The second-order valence-corrected chi connectivity index (χ2v) is 6.67. The number of carbonyl (C=O) groups excluding carboxylic acids is 1. The molecule has 0 bridgehead atoms. The molecule has 0 saturated carbocycles. The highest BCUT2D eigenvalue weighted by molar-refractivity contribution is 5.93. The fourth-order valence-corrected chi connectivity index (χ4v) is 3.09. The first kappa shape index (κ1) is 17.4. The van der Waals surface area contributed by atoms with E-state index >= 15 is 0 Å². The lowest BCUT2D eigenvalue weighted by Gasteiger charge is -2.15. The summed E-state index contributed by atoms with van der Waals surface area (Å²) < 4.78 is 1.64. The van der Waals surface area contributed by atoms with Crippen LogP contribution in [-0.4, -0.2) is 35.0 Å². The van der Waals surface area contributed by atoms with E-state index in [1.165, 1.54) is 24.5 Å². The van der Waals surface area contributed by atoms with E-state index in [-0.39, 0.29) is 11.5 Å². The zero-order chi connectivity index (χ0) is 17.6. The Hall–Kier alpha value is -2.40. The van der Waals surface area contributed by atoms with Crippen LogP contribution in [0.15, 0.2) is 47.4 Å². The average Bonchev–Trinajstić information content (AvgIpc) is 3.14. The van der Waals surface area contributed by atoms with Crippen LogP contribution >= 0.6 is 0 Å². The lowest BCUT2D eigenvalue weighted by atomic mass is 10.1. The van der Waals surface area contributed by atoms with Crippen LogP contribution in [0, 0.1) is 6.92 Å². The predicted octanol–water partition coefficient (Wildman–Crippen LogP) is 2.18. The van der Waals surface area contributed by atoms with E-state index in [0.29, 0.717) is 18.7 Å². The number of aryl methyl sites for hydroxylation is 1. The normalized spacial score (nSPS) is 14.6. The molecule has 1 amide bonds. The minimum Gasteiger partial charge on any atom is -0.348 e. The number of likely N-dealkylation sites (tertiary alicyclic amines) is 1. The number of hydrogen-bond acceptors (Lipinski definition) is 3. The first-order valence-electron chi connectivity index (χ1n) is 8.88. The lowest BCUT2D eigenvalue weighted by Crippen LogP contribution is -2.30. The highest BCUT2D eigenvalue weighted by Crippen LogP contribution is 2.07. The first-order chi connectivity index (χ1) is 12.1. The standard InChI is InChI=1S/C20H25N3O2/c1-16-4-6-17(7-5-16)14-21-20(25)18-8-9-19(24)23(15-18)13-12-22-10-2-3-11-22/h4-9,15H,2-3,10-14H2,1H3,(H,21,25). The summed E-state index contributed by atoms with van der Waals surface area (Å²) >= 11 is 0. The SMILES string of the molecule is Cc1ccc(CNC(=O)c2ccc(=O)n(CCN3CCCC3)c2)cc1. The van der Waals surface area contributed by atoms with Crippen LogP contribution in [0.5, 0.6) is 0 Å². The Morgan fingerprint density at radius 1 is 1.04 bits per heavy atom. The fraction of sp³-hybridized carbons (Fsp3) is 0.400. The second kappa shape index (κ2) is 8.12. The molecular weight excluding hydrogens is 314 g/mol. The van der Waals surface area contributed by atoms with Crippen LogP contribution in [0.25, 0.3) is 0 Å². The number of rotatable bonds is 6. The largest absolute Gasteiger partial charge is 0.348 e. The summed E-state index contributed by atoms with van der Waals surface area (Å²) in [5.74, 6) is -0.157. The van der Waals surface area contributed by atoms with Gasteiger partial charge in [-0.15, -0.1) is 0 Å². The van der Waals surface area contributed by atoms with E-state index in [1.54, 1.807) is 16.8 Å². The van der Waals surface area contributed by atoms with Gasteiger partial charge < -0.3 is 14.8 Å². The fourth-order valence-electron chi connectivity index (χ4n) is 3.09. The molecule has 25 heavy (non-hydrogen) atoms. The summed E-state index contributed by atoms with van der Waals surface area (Å²) in [5, 5.41) is 2.91. The number of nitrogens with zero attached hydrogens (tertiary/aromatic N) is 2. The smallest absolute Gasteiger partial charge is 0.253 e. The molecule has 1 aromatic carbocycles. The first-order valence-corrected chi connectivity index (χ1v) is 8.88. The summed E-state index contributed by atoms with van der Waals surface area (Å²) in [6.45, 7) is 6.20. The molecule has 1 aromatic heterocycles. The van der Waals surface area contributed by atoms with E-state index in [4.69, 9.17) is 0 Å². The number of amides is 1. The van der Waals surface area contributed by atoms with Crippen molar-refractivity contribution in [2.45, 2.75) is 32.9 Å². The highest BCUT2D eigenvalue weighted by Gasteiger charge is 2.12. The molecule has 0 unspecified atom stereocenters. The van der Waals surface area contributed by atoms with Crippen LogP contribution in [0.2, 0.25) is 0 Å². The van der Waals surface area contributed by atoms with E-state index in [2.05, 4.69) is 10.2 Å². The maximum absolute atomic E-state index is 12.4. The lowest BCUT2D eigenvalue weighted by molar-refractivity contribution is 0.0950. The van der Waals surface area contributed by atoms with Gasteiger partial charge in [0.05, 0.1) is 5.56 Å². The summed E-state index contributed by atoms with van der Waals surface area (Å²) in [7, 11) is 0. The van der Waals surface area contributed by atoms with Crippen molar-refractivity contribution in [1.29, 1.82) is 0 Å². The zero-order valence-corrected chi connectivity index (χ0v) is 14.7. The van der Waals surface area contributed by atoms with E-state index in [0.717, 1.165) is 25.2 Å². The Bertz CT molecular complexity index is 774. The summed E-state index contributed by atoms with van der Waals surface area (Å²) in [4.78, 5) is 26.8. The minimum absolute atomic E-state index is 0.0609. The highest BCUT2D eigenvalue weighted by atomic mass is 16.2. The van der Waals surface area contributed by atoms with Gasteiger partial charge in [0.25, 0.3) is 11.5 Å². The van der Waals surface area contributed by atoms with Crippen molar-refractivity contribution in [3.63, 3.8) is 0 Å². The van der Waals surface area contributed by atoms with Crippen molar-refractivity contribution in [2.75, 3.05) is 19.6 Å². The molecule has 1 N–H and O–H groups in total. The molecule has 1 fully saturated rings. The van der Waals surface area contributed by atoms with E-state index in [9.17, 15) is 9.59 Å². The van der Waals surface area contributed by atoms with Gasteiger partial charge in [-0.3, -0.25) is 9.59 Å². The third-order valence-corrected chi connectivity index (χ3v) is 4.68. The molecule has 2 aromatic rings. The summed E-state index contributed by atoms with van der Waals surface area (Å²) in [6, 6.07) is 11.1. The van der Waals surface area contributed by atoms with Gasteiger partial charge in [-0.1, -0.05) is 29.8 Å². The molecule has 0 radical (unpaired) electrons. The molecule has 1 aliphatic rings. The van der Waals surface area contributed by atoms with Crippen molar-refractivity contribution < 1.29 is 4.79 Å². The summed E-state index contributed by atoms with van der Waals surface area (Å²) in [5.41, 5.74) is 2.71. The third kappa shape index (κ3) is 4.79. The van der Waals surface area contributed by atoms with E-state index in [1.807, 2.05) is 31.2 Å². The van der Waals surface area contributed by atoms with Gasteiger partial charge in [-0.2, -0.15) is 0 Å². The quantitative estimate of drug-likeness (QED) is 0.878. The Morgan fingerprint density at radius 3 is 2.48 bits per heavy atom. The molecular formula is C20H25N3O2. The molecule has 0 spiro atoms. The minimum atomic E-state index is -0.157. The molecule has 1 aliphatic heterocycles. The zero-order valence-electron chi connectivity index (χ0n) is 14.7. The van der Waals surface area contributed by atoms with Crippen LogP contribution in [-0.2, 0) is 13.1 Å². The van der Waals surface area contributed by atoms with Gasteiger partial charge in [0.15, 0.2) is 0 Å². The Balaban J connectivity index is 1.60. The summed E-state index contributed by atoms with van der Waals surface area (Å²) in [6.07, 6.45) is 4.13. The van der Waals surface area contributed by atoms with Crippen LogP contribution in [0.4, 0.5) is 0 Å². The maximum Gasteiger partial charge on any atom is 0.253 e. The van der Waals surface area contributed by atoms with Crippen LogP contribution in [0.3, 0.4) is 0 Å². The number of carbonyl (C=O) groups is 1. The maximum atomic E-state index is 12.4. The van der Waals surface area contributed by atoms with Crippen LogP contribution in [0.1, 0.15) is 34.3 Å². The van der Waals surface area contributed by atoms with Gasteiger partial charge in [-0.25, -0.2) is 0 Å². The van der Waals surface area contributed by atoms with Gasteiger partial charge in [0, 0.05) is 31.9 Å². The molecule has 0 aliphatic carbocycles. The number of nitrogens with one attached hydrogen (secondary N) is 1. The Kier molecular flexibility index (Phi) is 5.66. The van der Waals surface area contributed by atoms with Crippen molar-refractivity contribution in [1.82, 2.24) is 14.8 Å². The van der Waals surface area contributed by atoms with Gasteiger partial charge in [0.2, 0.25) is 0 Å². The van der Waals surface area contributed by atoms with Gasteiger partial charge in [0.1, 0.15) is 0 Å². The van der Waals surface area contributed by atoms with Crippen molar-refractivity contribution in [3.05, 3.63) is 69.6 Å². The topological polar surface area (TPSA) is 54.3 Å². The third-order valence-electron chi connectivity index (χ3n) is 4.68. The second-order valence-electron chi connectivity index (χ2n) is 6.67. The number of hydrogen-bond donors (Lipinski definition) is 1. The molecule has 0 atom stereocenters. The van der Waals surface area contributed by atoms with Gasteiger partial charge in [-0.05, 0) is 44.5 Å². The molecule has 5 nitrogen and oxygen atoms in total. The number of benzene rings is 1. The van der Waals surface area contributed by atoms with Crippen molar-refractivity contribution >= 4 is 5.91 Å². The molecule has 132 valence electrons. The van der Waals surface area contributed by atoms with Crippen molar-refractivity contribution in [2.24, 2.45) is 0 Å². The Labute approximate surface area is 148 Å². The molecule has 3 rings (SSSR count). The number of aromatic nitrogens is 1. The molecule has 1 saturated heterocycles. The predicted molar refractivity (Wildman–Crippen MR) is 98.7 cm³/mol. The van der Waals surface area contributed by atoms with Gasteiger partial charge >= 0.3 is 0 Å². The van der Waals surface area contributed by atoms with Crippen LogP contribution < -0.4 is 10.9 Å². The Morgan fingerprint density at radius 2 is 1.76 bits per heavy atom. The molecule has 2 heterocycles. The monoisotopic (exact) mass is 339 g/mol. The van der Waals surface area contributed by atoms with E-state index < -0.39 is 0 Å². The number of pyridine rings is 1. The van der Waals surface area contributed by atoms with Crippen molar-refractivity contribution in [3.8, 4) is 0 Å². The molecule has 5 heteroatoms.